The molecule has 0 bridgehead atoms. The molecule has 1 atom stereocenters. The zero-order valence-corrected chi connectivity index (χ0v) is 22.8. The van der Waals surface area contributed by atoms with Crippen molar-refractivity contribution in [3.05, 3.63) is 64.2 Å². The Kier molecular flexibility index (Phi) is 9.81. The van der Waals surface area contributed by atoms with E-state index in [0.717, 1.165) is 61.0 Å². The summed E-state index contributed by atoms with van der Waals surface area (Å²) in [4.78, 5) is 10.7. The van der Waals surface area contributed by atoms with Gasteiger partial charge < -0.3 is 20.1 Å². The highest BCUT2D eigenvalue weighted by atomic mass is 16.5. The summed E-state index contributed by atoms with van der Waals surface area (Å²) in [5.41, 5.74) is 4.58. The number of aliphatic hydroxyl groups is 2. The Morgan fingerprint density at radius 1 is 1.05 bits per heavy atom. The van der Waals surface area contributed by atoms with Crippen molar-refractivity contribution in [1.82, 2.24) is 0 Å². The Balaban J connectivity index is 1.78. The summed E-state index contributed by atoms with van der Waals surface area (Å²) in [6, 6.07) is 12.8. The van der Waals surface area contributed by atoms with E-state index in [1.165, 1.54) is 11.1 Å². The van der Waals surface area contributed by atoms with Gasteiger partial charge in [-0.15, -0.1) is 0 Å². The van der Waals surface area contributed by atoms with Crippen LogP contribution in [-0.4, -0.2) is 39.6 Å². The molecule has 1 aliphatic carbocycles. The van der Waals surface area contributed by atoms with Crippen molar-refractivity contribution < 1.29 is 24.9 Å². The molecule has 0 spiro atoms. The number of carboxylic acid groups (broad SMARTS) is 1. The van der Waals surface area contributed by atoms with Crippen LogP contribution in [0.25, 0.3) is 0 Å². The van der Waals surface area contributed by atoms with Crippen molar-refractivity contribution in [2.75, 3.05) is 6.61 Å². The lowest BCUT2D eigenvalue weighted by molar-refractivity contribution is -0.137. The van der Waals surface area contributed by atoms with E-state index in [0.29, 0.717) is 12.8 Å². The maximum atomic E-state index is 10.7. The topological polar surface area (TPSA) is 87.0 Å². The second-order valence-electron chi connectivity index (χ2n) is 10.5. The molecule has 5 nitrogen and oxygen atoms in total. The molecule has 0 radical (unpaired) electrons. The largest absolute Gasteiger partial charge is 0.491 e. The van der Waals surface area contributed by atoms with Gasteiger partial charge in [-0.1, -0.05) is 50.0 Å². The summed E-state index contributed by atoms with van der Waals surface area (Å²) >= 11 is 0. The van der Waals surface area contributed by atoms with Crippen LogP contribution in [0.5, 0.6) is 5.75 Å². The molecule has 0 saturated heterocycles. The molecule has 0 aliphatic heterocycles. The number of hydrogen-bond acceptors (Lipinski definition) is 4. The number of hydrogen-bond donors (Lipinski definition) is 3. The monoisotopic (exact) mass is 506 g/mol. The van der Waals surface area contributed by atoms with Crippen molar-refractivity contribution in [3.8, 4) is 17.6 Å². The van der Waals surface area contributed by atoms with Crippen LogP contribution in [0.2, 0.25) is 0 Å². The van der Waals surface area contributed by atoms with E-state index in [-0.39, 0.29) is 18.4 Å². The van der Waals surface area contributed by atoms with Gasteiger partial charge in [0.15, 0.2) is 0 Å². The van der Waals surface area contributed by atoms with Gasteiger partial charge in [0.05, 0.1) is 6.10 Å². The standard InChI is InChI=1S/C32H42O5/c1-5-32(6-2,26-13-12-25(23(3)20-26)16-19-31(36)17-7-8-18-31)27-14-15-29(24(4)21-27)37-22-28(33)10-9-11-30(34)35/h12-15,20-21,28,33,36H,5-11,17-18,22H2,1-4H3,(H,34,35)/t28-/m0/s1. The third kappa shape index (κ3) is 7.15. The fourth-order valence-corrected chi connectivity index (χ4v) is 5.47. The number of carboxylic acids is 1. The number of aliphatic carboxylic acids is 1. The molecule has 3 N–H and O–H groups in total. The molecular weight excluding hydrogens is 464 g/mol. The summed E-state index contributed by atoms with van der Waals surface area (Å²) in [6.45, 7) is 8.68. The van der Waals surface area contributed by atoms with E-state index in [1.807, 2.05) is 13.0 Å². The number of benzene rings is 2. The Morgan fingerprint density at radius 3 is 2.24 bits per heavy atom. The van der Waals surface area contributed by atoms with Crippen LogP contribution in [0.3, 0.4) is 0 Å². The van der Waals surface area contributed by atoms with Gasteiger partial charge in [-0.2, -0.15) is 0 Å². The Bertz CT molecular complexity index is 1130. The minimum atomic E-state index is -0.852. The van der Waals surface area contributed by atoms with Crippen molar-refractivity contribution in [2.45, 2.75) is 103 Å². The van der Waals surface area contributed by atoms with Gasteiger partial charge in [0.1, 0.15) is 18.0 Å². The van der Waals surface area contributed by atoms with Gasteiger partial charge in [-0.25, -0.2) is 0 Å². The molecule has 3 rings (SSSR count). The fraction of sp³-hybridized carbons (Fsp3) is 0.531. The van der Waals surface area contributed by atoms with Crippen molar-refractivity contribution in [2.24, 2.45) is 0 Å². The lowest BCUT2D eigenvalue weighted by atomic mass is 9.70. The van der Waals surface area contributed by atoms with Crippen LogP contribution < -0.4 is 4.74 Å². The minimum Gasteiger partial charge on any atom is -0.491 e. The summed E-state index contributed by atoms with van der Waals surface area (Å²) in [7, 11) is 0. The molecule has 1 aliphatic rings. The van der Waals surface area contributed by atoms with Crippen LogP contribution in [-0.2, 0) is 10.2 Å². The molecule has 2 aromatic rings. The quantitative estimate of drug-likeness (QED) is 0.323. The lowest BCUT2D eigenvalue weighted by Crippen LogP contribution is -2.26. The van der Waals surface area contributed by atoms with Gasteiger partial charge >= 0.3 is 5.97 Å². The molecule has 0 aromatic heterocycles. The van der Waals surface area contributed by atoms with Crippen LogP contribution in [0.1, 0.15) is 99.5 Å². The Hall–Kier alpha value is -2.81. The van der Waals surface area contributed by atoms with Gasteiger partial charge in [-0.3, -0.25) is 4.79 Å². The van der Waals surface area contributed by atoms with E-state index in [4.69, 9.17) is 9.84 Å². The second-order valence-corrected chi connectivity index (χ2v) is 10.5. The minimum absolute atomic E-state index is 0.0517. The van der Waals surface area contributed by atoms with Gasteiger partial charge in [-0.05, 0) is 99.6 Å². The zero-order chi connectivity index (χ0) is 27.1. The molecule has 0 amide bonds. The molecule has 5 heteroatoms. The van der Waals surface area contributed by atoms with Crippen LogP contribution in [0.15, 0.2) is 36.4 Å². The van der Waals surface area contributed by atoms with E-state index in [9.17, 15) is 15.0 Å². The molecule has 2 aromatic carbocycles. The Labute approximate surface area is 221 Å². The third-order valence-corrected chi connectivity index (χ3v) is 7.93. The number of rotatable bonds is 11. The number of ether oxygens (including phenoxy) is 1. The maximum Gasteiger partial charge on any atom is 0.303 e. The smallest absolute Gasteiger partial charge is 0.303 e. The van der Waals surface area contributed by atoms with Gasteiger partial charge in [0.25, 0.3) is 0 Å². The lowest BCUT2D eigenvalue weighted by Gasteiger charge is -2.34. The molecule has 200 valence electrons. The zero-order valence-electron chi connectivity index (χ0n) is 22.8. The highest BCUT2D eigenvalue weighted by Crippen LogP contribution is 2.41. The summed E-state index contributed by atoms with van der Waals surface area (Å²) in [6.07, 6.45) is 5.66. The summed E-state index contributed by atoms with van der Waals surface area (Å²) in [5.74, 6) is 6.25. The normalized spacial score (nSPS) is 15.6. The predicted molar refractivity (Wildman–Crippen MR) is 147 cm³/mol. The van der Waals surface area contributed by atoms with Crippen LogP contribution >= 0.6 is 0 Å². The van der Waals surface area contributed by atoms with Crippen LogP contribution in [0, 0.1) is 25.7 Å². The van der Waals surface area contributed by atoms with Crippen molar-refractivity contribution in [3.63, 3.8) is 0 Å². The van der Waals surface area contributed by atoms with E-state index in [2.05, 4.69) is 62.9 Å². The Morgan fingerprint density at radius 2 is 1.68 bits per heavy atom. The number of aliphatic hydroxyl groups excluding tert-OH is 1. The fourth-order valence-electron chi connectivity index (χ4n) is 5.47. The molecule has 37 heavy (non-hydrogen) atoms. The molecule has 1 saturated carbocycles. The van der Waals surface area contributed by atoms with Crippen molar-refractivity contribution >= 4 is 5.97 Å². The predicted octanol–water partition coefficient (Wildman–Crippen LogP) is 6.06. The van der Waals surface area contributed by atoms with E-state index >= 15 is 0 Å². The number of carbonyl (C=O) groups is 1. The van der Waals surface area contributed by atoms with Crippen molar-refractivity contribution in [1.29, 1.82) is 0 Å². The highest BCUT2D eigenvalue weighted by Gasteiger charge is 2.32. The van der Waals surface area contributed by atoms with E-state index < -0.39 is 17.7 Å². The second kappa shape index (κ2) is 12.6. The maximum absolute atomic E-state index is 10.7. The summed E-state index contributed by atoms with van der Waals surface area (Å²) < 4.78 is 5.88. The average Bonchev–Trinajstić information content (AvgIpc) is 3.30. The first-order chi connectivity index (χ1) is 17.6. The first-order valence-electron chi connectivity index (χ1n) is 13.6. The first-order valence-corrected chi connectivity index (χ1v) is 13.6. The molecule has 0 heterocycles. The van der Waals surface area contributed by atoms with Crippen LogP contribution in [0.4, 0.5) is 0 Å². The third-order valence-electron chi connectivity index (χ3n) is 7.93. The SMILES string of the molecule is CCC(CC)(c1ccc(C#CC2(O)CCCC2)c(C)c1)c1ccc(OC[C@@H](O)CCCC(=O)O)c(C)c1. The van der Waals surface area contributed by atoms with Gasteiger partial charge in [0, 0.05) is 17.4 Å². The molecule has 1 fully saturated rings. The summed E-state index contributed by atoms with van der Waals surface area (Å²) in [5, 5.41) is 29.5. The average molecular weight is 507 g/mol. The molecular formula is C32H42O5. The molecule has 0 unspecified atom stereocenters. The van der Waals surface area contributed by atoms with Gasteiger partial charge in [0.2, 0.25) is 0 Å². The number of aryl methyl sites for hydroxylation is 2. The van der Waals surface area contributed by atoms with E-state index in [1.54, 1.807) is 0 Å². The first kappa shape index (κ1) is 28.8. The highest BCUT2D eigenvalue weighted by molar-refractivity contribution is 5.66.